The Morgan fingerprint density at radius 1 is 1.13 bits per heavy atom. The third-order valence-electron chi connectivity index (χ3n) is 5.11. The van der Waals surface area contributed by atoms with Crippen LogP contribution in [0.2, 0.25) is 0 Å². The summed E-state index contributed by atoms with van der Waals surface area (Å²) < 4.78 is 16.4. The maximum absolute atomic E-state index is 13.2. The van der Waals surface area contributed by atoms with E-state index >= 15 is 0 Å². The molecule has 0 unspecified atom stereocenters. The largest absolute Gasteiger partial charge is 0.493 e. The molecule has 166 valence electrons. The van der Waals surface area contributed by atoms with Crippen LogP contribution >= 0.6 is 0 Å². The van der Waals surface area contributed by atoms with Gasteiger partial charge in [0.1, 0.15) is 12.4 Å². The van der Waals surface area contributed by atoms with Gasteiger partial charge >= 0.3 is 0 Å². The summed E-state index contributed by atoms with van der Waals surface area (Å²) in [5.41, 5.74) is 1.02. The van der Waals surface area contributed by atoms with Crippen LogP contribution in [0.25, 0.3) is 0 Å². The van der Waals surface area contributed by atoms with Crippen molar-refractivity contribution in [3.63, 3.8) is 0 Å². The van der Waals surface area contributed by atoms with Crippen LogP contribution in [0.3, 0.4) is 0 Å². The number of anilines is 2. The number of fused-ring (bicyclic) bond motifs is 1. The van der Waals surface area contributed by atoms with Crippen molar-refractivity contribution in [3.8, 4) is 17.2 Å². The van der Waals surface area contributed by atoms with Crippen LogP contribution in [-0.2, 0) is 4.79 Å². The number of carbonyl (C=O) groups is 2. The molecule has 0 fully saturated rings. The highest BCUT2D eigenvalue weighted by molar-refractivity contribution is 6.06. The van der Waals surface area contributed by atoms with Crippen molar-refractivity contribution < 1.29 is 23.8 Å². The number of ether oxygens (including phenoxy) is 3. The molecule has 0 aromatic heterocycles. The highest BCUT2D eigenvalue weighted by Gasteiger charge is 2.38. The van der Waals surface area contributed by atoms with E-state index in [0.717, 1.165) is 0 Å². The van der Waals surface area contributed by atoms with Crippen molar-refractivity contribution in [1.29, 1.82) is 0 Å². The van der Waals surface area contributed by atoms with Crippen LogP contribution in [0, 0.1) is 11.3 Å². The molecule has 2 amide bonds. The Hall–Kier alpha value is -3.22. The fourth-order valence-corrected chi connectivity index (χ4v) is 3.45. The molecule has 0 saturated carbocycles. The molecule has 7 nitrogen and oxygen atoms in total. The molecule has 31 heavy (non-hydrogen) atoms. The Balaban J connectivity index is 1.92. The minimum Gasteiger partial charge on any atom is -0.493 e. The standard InChI is InChI=1S/C24H30N2O5/c1-15(2)13-26-18-12-17(8-10-19(18)31-14-24(3,4)23(26)28)25-22(27)16-7-9-20(29-5)21(11-16)30-6/h7-12,15H,13-14H2,1-6H3,(H,25,27). The maximum Gasteiger partial charge on any atom is 0.255 e. The molecular weight excluding hydrogens is 396 g/mol. The molecule has 0 spiro atoms. The topological polar surface area (TPSA) is 77.1 Å². The van der Waals surface area contributed by atoms with Gasteiger partial charge < -0.3 is 24.4 Å². The minimum absolute atomic E-state index is 0.00307. The predicted molar refractivity (Wildman–Crippen MR) is 120 cm³/mol. The predicted octanol–water partition coefficient (Wildman–Crippen LogP) is 4.36. The summed E-state index contributed by atoms with van der Waals surface area (Å²) in [7, 11) is 3.06. The number of benzene rings is 2. The highest BCUT2D eigenvalue weighted by atomic mass is 16.5. The van der Waals surface area contributed by atoms with Gasteiger partial charge in [0, 0.05) is 17.8 Å². The summed E-state index contributed by atoms with van der Waals surface area (Å²) in [4.78, 5) is 27.8. The van der Waals surface area contributed by atoms with E-state index in [1.54, 1.807) is 48.4 Å². The first-order chi connectivity index (χ1) is 14.7. The quantitative estimate of drug-likeness (QED) is 0.743. The molecule has 7 heteroatoms. The van der Waals surface area contributed by atoms with E-state index < -0.39 is 5.41 Å². The van der Waals surface area contributed by atoms with E-state index in [-0.39, 0.29) is 17.7 Å². The van der Waals surface area contributed by atoms with Crippen molar-refractivity contribution in [2.45, 2.75) is 27.7 Å². The summed E-state index contributed by atoms with van der Waals surface area (Å²) in [6, 6.07) is 10.3. The molecule has 0 radical (unpaired) electrons. The zero-order chi connectivity index (χ0) is 22.8. The lowest BCUT2D eigenvalue weighted by atomic mass is 9.92. The number of hydrogen-bond acceptors (Lipinski definition) is 5. The van der Waals surface area contributed by atoms with E-state index in [1.807, 2.05) is 13.8 Å². The van der Waals surface area contributed by atoms with Crippen molar-refractivity contribution >= 4 is 23.2 Å². The summed E-state index contributed by atoms with van der Waals surface area (Å²) in [5.74, 6) is 1.63. The van der Waals surface area contributed by atoms with Crippen molar-refractivity contribution in [1.82, 2.24) is 0 Å². The van der Waals surface area contributed by atoms with Gasteiger partial charge in [0.2, 0.25) is 5.91 Å². The molecule has 1 aliphatic heterocycles. The minimum atomic E-state index is -0.642. The summed E-state index contributed by atoms with van der Waals surface area (Å²) in [6.45, 7) is 8.75. The Kier molecular flexibility index (Phi) is 6.43. The molecule has 1 heterocycles. The fourth-order valence-electron chi connectivity index (χ4n) is 3.45. The number of rotatable bonds is 6. The van der Waals surface area contributed by atoms with Gasteiger partial charge in [0.05, 0.1) is 25.3 Å². The van der Waals surface area contributed by atoms with Gasteiger partial charge in [0.25, 0.3) is 5.91 Å². The molecule has 0 bridgehead atoms. The van der Waals surface area contributed by atoms with Crippen LogP contribution in [0.5, 0.6) is 17.2 Å². The SMILES string of the molecule is COc1ccc(C(=O)Nc2ccc3c(c2)N(CC(C)C)C(=O)C(C)(C)CO3)cc1OC. The zero-order valence-electron chi connectivity index (χ0n) is 18.9. The molecule has 0 aliphatic carbocycles. The number of carbonyl (C=O) groups excluding carboxylic acids is 2. The third kappa shape index (κ3) is 4.76. The number of hydrogen-bond donors (Lipinski definition) is 1. The molecule has 2 aromatic rings. The normalized spacial score (nSPS) is 15.1. The Bertz CT molecular complexity index is 984. The zero-order valence-corrected chi connectivity index (χ0v) is 18.9. The molecule has 0 saturated heterocycles. The smallest absolute Gasteiger partial charge is 0.255 e. The Morgan fingerprint density at radius 3 is 2.48 bits per heavy atom. The van der Waals surface area contributed by atoms with Gasteiger partial charge in [-0.15, -0.1) is 0 Å². The lowest BCUT2D eigenvalue weighted by Crippen LogP contribution is -2.43. The van der Waals surface area contributed by atoms with Crippen molar-refractivity contribution in [3.05, 3.63) is 42.0 Å². The van der Waals surface area contributed by atoms with E-state index in [9.17, 15) is 9.59 Å². The number of amides is 2. The van der Waals surface area contributed by atoms with E-state index in [2.05, 4.69) is 19.2 Å². The second kappa shape index (κ2) is 8.88. The number of methoxy groups -OCH3 is 2. The van der Waals surface area contributed by atoms with Crippen LogP contribution < -0.4 is 24.4 Å². The summed E-state index contributed by atoms with van der Waals surface area (Å²) in [5, 5.41) is 2.90. The van der Waals surface area contributed by atoms with Gasteiger partial charge in [-0.1, -0.05) is 13.8 Å². The lowest BCUT2D eigenvalue weighted by Gasteiger charge is -2.29. The van der Waals surface area contributed by atoms with Gasteiger partial charge in [-0.25, -0.2) is 0 Å². The maximum atomic E-state index is 13.2. The number of nitrogens with zero attached hydrogens (tertiary/aromatic N) is 1. The summed E-state index contributed by atoms with van der Waals surface area (Å²) in [6.07, 6.45) is 0. The first kappa shape index (κ1) is 22.5. The summed E-state index contributed by atoms with van der Waals surface area (Å²) >= 11 is 0. The van der Waals surface area contributed by atoms with E-state index in [4.69, 9.17) is 14.2 Å². The monoisotopic (exact) mass is 426 g/mol. The first-order valence-electron chi connectivity index (χ1n) is 10.3. The highest BCUT2D eigenvalue weighted by Crippen LogP contribution is 2.39. The van der Waals surface area contributed by atoms with E-state index in [0.29, 0.717) is 47.3 Å². The van der Waals surface area contributed by atoms with Crippen LogP contribution in [-0.4, -0.2) is 39.2 Å². The molecule has 1 N–H and O–H groups in total. The van der Waals surface area contributed by atoms with Crippen LogP contribution in [0.15, 0.2) is 36.4 Å². The van der Waals surface area contributed by atoms with Crippen molar-refractivity contribution in [2.75, 3.05) is 37.6 Å². The first-order valence-corrected chi connectivity index (χ1v) is 10.3. The lowest BCUT2D eigenvalue weighted by molar-refractivity contribution is -0.127. The number of nitrogens with one attached hydrogen (secondary N) is 1. The Labute approximate surface area is 183 Å². The molecule has 2 aromatic carbocycles. The molecule has 3 rings (SSSR count). The third-order valence-corrected chi connectivity index (χ3v) is 5.11. The van der Waals surface area contributed by atoms with Gasteiger partial charge in [-0.2, -0.15) is 0 Å². The molecular formula is C24H30N2O5. The van der Waals surface area contributed by atoms with Gasteiger partial charge in [-0.05, 0) is 56.2 Å². The van der Waals surface area contributed by atoms with Crippen molar-refractivity contribution in [2.24, 2.45) is 11.3 Å². The Morgan fingerprint density at radius 2 is 1.84 bits per heavy atom. The second-order valence-corrected chi connectivity index (χ2v) is 8.69. The average Bonchev–Trinajstić information content (AvgIpc) is 2.83. The van der Waals surface area contributed by atoms with Gasteiger partial charge in [-0.3, -0.25) is 9.59 Å². The average molecular weight is 427 g/mol. The van der Waals surface area contributed by atoms with Crippen LogP contribution in [0.4, 0.5) is 11.4 Å². The fraction of sp³-hybridized carbons (Fsp3) is 0.417. The molecule has 1 aliphatic rings. The van der Waals surface area contributed by atoms with Crippen LogP contribution in [0.1, 0.15) is 38.1 Å². The second-order valence-electron chi connectivity index (χ2n) is 8.69. The van der Waals surface area contributed by atoms with Gasteiger partial charge in [0.15, 0.2) is 11.5 Å². The molecule has 0 atom stereocenters. The van der Waals surface area contributed by atoms with E-state index in [1.165, 1.54) is 7.11 Å².